The summed E-state index contributed by atoms with van der Waals surface area (Å²) in [5.74, 6) is 0.660. The van der Waals surface area contributed by atoms with Gasteiger partial charge in [-0.1, -0.05) is 18.6 Å². The number of hydrogen-bond acceptors (Lipinski definition) is 3. The molecule has 0 saturated heterocycles. The summed E-state index contributed by atoms with van der Waals surface area (Å²) in [7, 11) is 0. The maximum absolute atomic E-state index is 10.1. The van der Waals surface area contributed by atoms with Crippen molar-refractivity contribution < 1.29 is 4.79 Å². The molecule has 0 heterocycles. The molecule has 0 fully saturated rings. The topological polar surface area (TPSA) is 53.2 Å². The number of isocyanates is 1. The Bertz CT molecular complexity index is 321. The zero-order valence-electron chi connectivity index (χ0n) is 8.53. The van der Waals surface area contributed by atoms with Crippen molar-refractivity contribution in [3.05, 3.63) is 11.6 Å². The predicted octanol–water partition coefficient (Wildman–Crippen LogP) is 2.21. The maximum atomic E-state index is 10.1. The van der Waals surface area contributed by atoms with E-state index in [1.165, 1.54) is 11.7 Å². The van der Waals surface area contributed by atoms with E-state index in [9.17, 15) is 4.79 Å². The molecule has 3 heteroatoms. The Hall–Kier alpha value is -1.39. The Morgan fingerprint density at radius 1 is 1.71 bits per heavy atom. The van der Waals surface area contributed by atoms with Gasteiger partial charge >= 0.3 is 0 Å². The lowest BCUT2D eigenvalue weighted by Gasteiger charge is -2.26. The van der Waals surface area contributed by atoms with Gasteiger partial charge in [-0.25, -0.2) is 4.79 Å². The molecule has 0 saturated carbocycles. The molecule has 3 atom stereocenters. The van der Waals surface area contributed by atoms with Crippen molar-refractivity contribution in [3.63, 3.8) is 0 Å². The van der Waals surface area contributed by atoms with Crippen LogP contribution in [0.15, 0.2) is 16.6 Å². The van der Waals surface area contributed by atoms with Crippen molar-refractivity contribution in [2.24, 2.45) is 16.8 Å². The minimum absolute atomic E-state index is 0.182. The van der Waals surface area contributed by atoms with Crippen molar-refractivity contribution in [2.45, 2.75) is 32.7 Å². The number of aliphatic imine (C=N–C) groups is 1. The molecule has 1 aliphatic rings. The highest BCUT2D eigenvalue weighted by Gasteiger charge is 2.25. The Morgan fingerprint density at radius 3 is 2.93 bits per heavy atom. The van der Waals surface area contributed by atoms with Crippen LogP contribution in [-0.2, 0) is 4.79 Å². The Labute approximate surface area is 84.1 Å². The third-order valence-corrected chi connectivity index (χ3v) is 2.60. The maximum Gasteiger partial charge on any atom is 0.236 e. The molecular formula is C11H14N2O. The monoisotopic (exact) mass is 190 g/mol. The Morgan fingerprint density at radius 2 is 2.43 bits per heavy atom. The molecule has 1 rings (SSSR count). The van der Waals surface area contributed by atoms with Crippen molar-refractivity contribution in [3.8, 4) is 6.07 Å². The average molecular weight is 190 g/mol. The van der Waals surface area contributed by atoms with Crippen LogP contribution in [-0.4, -0.2) is 12.1 Å². The van der Waals surface area contributed by atoms with E-state index >= 15 is 0 Å². The first-order valence-electron chi connectivity index (χ1n) is 4.81. The Kier molecular flexibility index (Phi) is 3.62. The van der Waals surface area contributed by atoms with E-state index < -0.39 is 6.04 Å². The molecule has 0 N–H and O–H groups in total. The molecule has 0 spiro atoms. The van der Waals surface area contributed by atoms with Gasteiger partial charge in [-0.2, -0.15) is 10.3 Å². The molecule has 1 aliphatic carbocycles. The number of allylic oxidation sites excluding steroid dienone is 2. The summed E-state index contributed by atoms with van der Waals surface area (Å²) < 4.78 is 0. The smallest absolute Gasteiger partial charge is 0.211 e. The van der Waals surface area contributed by atoms with Crippen molar-refractivity contribution in [1.82, 2.24) is 0 Å². The molecule has 0 aromatic carbocycles. The second-order valence-electron chi connectivity index (χ2n) is 3.98. The summed E-state index contributed by atoms with van der Waals surface area (Å²) in [5.41, 5.74) is 1.29. The van der Waals surface area contributed by atoms with Crippen LogP contribution in [0.3, 0.4) is 0 Å². The molecule has 0 amide bonds. The number of nitrogens with zero attached hydrogens (tertiary/aromatic N) is 2. The van der Waals surface area contributed by atoms with Gasteiger partial charge in [0, 0.05) is 0 Å². The minimum atomic E-state index is -0.515. The third kappa shape index (κ3) is 2.55. The van der Waals surface area contributed by atoms with E-state index in [1.807, 2.05) is 0 Å². The first kappa shape index (κ1) is 10.7. The van der Waals surface area contributed by atoms with Crippen LogP contribution in [0.2, 0.25) is 0 Å². The van der Waals surface area contributed by atoms with Gasteiger partial charge in [-0.05, 0) is 31.6 Å². The van der Waals surface area contributed by atoms with E-state index in [1.54, 1.807) is 0 Å². The zero-order chi connectivity index (χ0) is 10.6. The van der Waals surface area contributed by atoms with Gasteiger partial charge in [-0.15, -0.1) is 0 Å². The molecule has 3 unspecified atom stereocenters. The summed E-state index contributed by atoms with van der Waals surface area (Å²) in [6.07, 6.45) is 5.50. The number of carbonyl (C=O) groups excluding carboxylic acids is 1. The first-order chi connectivity index (χ1) is 6.67. The van der Waals surface area contributed by atoms with Crippen molar-refractivity contribution >= 4 is 6.08 Å². The van der Waals surface area contributed by atoms with Gasteiger partial charge in [0.05, 0.1) is 6.07 Å². The second-order valence-corrected chi connectivity index (χ2v) is 3.98. The quantitative estimate of drug-likeness (QED) is 0.381. The molecule has 3 nitrogen and oxygen atoms in total. The van der Waals surface area contributed by atoms with Crippen LogP contribution in [0.4, 0.5) is 0 Å². The van der Waals surface area contributed by atoms with Gasteiger partial charge < -0.3 is 0 Å². The van der Waals surface area contributed by atoms with Crippen LogP contribution in [0.25, 0.3) is 0 Å². The summed E-state index contributed by atoms with van der Waals surface area (Å²) in [4.78, 5) is 13.7. The van der Waals surface area contributed by atoms with Crippen molar-refractivity contribution in [1.29, 1.82) is 5.26 Å². The second kappa shape index (κ2) is 4.74. The van der Waals surface area contributed by atoms with E-state index in [0.29, 0.717) is 5.92 Å². The zero-order valence-corrected chi connectivity index (χ0v) is 8.53. The fraction of sp³-hybridized carbons (Fsp3) is 0.636. The van der Waals surface area contributed by atoms with Gasteiger partial charge in [0.25, 0.3) is 0 Å². The molecule has 0 aromatic heterocycles. The van der Waals surface area contributed by atoms with Crippen LogP contribution < -0.4 is 0 Å². The summed E-state index contributed by atoms with van der Waals surface area (Å²) in [5, 5.41) is 8.84. The van der Waals surface area contributed by atoms with Gasteiger partial charge in [0.1, 0.15) is 0 Å². The lowest BCUT2D eigenvalue weighted by atomic mass is 9.80. The molecular weight excluding hydrogens is 176 g/mol. The number of rotatable bonds is 2. The fourth-order valence-electron chi connectivity index (χ4n) is 2.13. The largest absolute Gasteiger partial charge is 0.236 e. The number of nitriles is 1. The fourth-order valence-corrected chi connectivity index (χ4v) is 2.13. The summed E-state index contributed by atoms with van der Waals surface area (Å²) in [6, 6.07) is 1.54. The van der Waals surface area contributed by atoms with E-state index in [0.717, 1.165) is 12.8 Å². The highest BCUT2D eigenvalue weighted by molar-refractivity contribution is 5.35. The van der Waals surface area contributed by atoms with E-state index in [4.69, 9.17) is 5.26 Å². The highest BCUT2D eigenvalue weighted by atomic mass is 16.1. The lowest BCUT2D eigenvalue weighted by molar-refractivity contribution is 0.376. The van der Waals surface area contributed by atoms with Crippen LogP contribution in [0.5, 0.6) is 0 Å². The Balaban J connectivity index is 2.75. The molecule has 0 radical (unpaired) electrons. The molecule has 14 heavy (non-hydrogen) atoms. The molecule has 74 valence electrons. The highest BCUT2D eigenvalue weighted by Crippen LogP contribution is 2.30. The first-order valence-corrected chi connectivity index (χ1v) is 4.81. The summed E-state index contributed by atoms with van der Waals surface area (Å²) >= 11 is 0. The normalized spacial score (nSPS) is 28.2. The van der Waals surface area contributed by atoms with Gasteiger partial charge in [0.2, 0.25) is 6.08 Å². The minimum Gasteiger partial charge on any atom is -0.211 e. The van der Waals surface area contributed by atoms with Crippen LogP contribution >= 0.6 is 0 Å². The van der Waals surface area contributed by atoms with Crippen molar-refractivity contribution in [2.75, 3.05) is 0 Å². The number of hydrogen-bond donors (Lipinski definition) is 0. The molecule has 0 aliphatic heterocycles. The third-order valence-electron chi connectivity index (χ3n) is 2.60. The molecule has 0 aromatic rings. The van der Waals surface area contributed by atoms with Crippen LogP contribution in [0, 0.1) is 23.2 Å². The SMILES string of the molecule is CC1=CC(C)CC(C(C#N)N=C=O)C1. The van der Waals surface area contributed by atoms with Crippen LogP contribution in [0.1, 0.15) is 26.7 Å². The molecule has 0 bridgehead atoms. The summed E-state index contributed by atoms with van der Waals surface area (Å²) in [6.45, 7) is 4.18. The average Bonchev–Trinajstić information content (AvgIpc) is 2.12. The standard InChI is InChI=1S/C11H14N2O/c1-8-3-9(2)5-10(4-8)11(6-12)13-7-14/h3,8,10-11H,4-5H2,1-2H3. The van der Waals surface area contributed by atoms with E-state index in [-0.39, 0.29) is 5.92 Å². The van der Waals surface area contributed by atoms with Gasteiger partial charge in [-0.3, -0.25) is 0 Å². The van der Waals surface area contributed by atoms with E-state index in [2.05, 4.69) is 31.0 Å². The lowest BCUT2D eigenvalue weighted by Crippen LogP contribution is -2.22. The predicted molar refractivity (Wildman–Crippen MR) is 53.2 cm³/mol. The van der Waals surface area contributed by atoms with Gasteiger partial charge in [0.15, 0.2) is 6.04 Å².